The van der Waals surface area contributed by atoms with Crippen LogP contribution in [0.2, 0.25) is 0 Å². The standard InChI is InChI=1S/C4H4N2.C4H6O2/c1-2-5-4-6-3-1;5-4-2-1-3-6-4/h1-4H;1-3H2. The molecule has 4 nitrogen and oxygen atoms in total. The summed E-state index contributed by atoms with van der Waals surface area (Å²) in [5.41, 5.74) is 0. The van der Waals surface area contributed by atoms with E-state index in [4.69, 9.17) is 0 Å². The highest BCUT2D eigenvalue weighted by Gasteiger charge is 2.08. The van der Waals surface area contributed by atoms with Crippen LogP contribution >= 0.6 is 0 Å². The van der Waals surface area contributed by atoms with Crippen LogP contribution in [0.25, 0.3) is 0 Å². The fraction of sp³-hybridized carbons (Fsp3) is 0.375. The normalized spacial score (nSPS) is 14.5. The number of hydrogen-bond acceptors (Lipinski definition) is 4. The van der Waals surface area contributed by atoms with E-state index in [0.29, 0.717) is 13.0 Å². The third-order valence-corrected chi connectivity index (χ3v) is 1.27. The molecule has 0 saturated carbocycles. The molecular formula is C8H10N2O2. The van der Waals surface area contributed by atoms with Crippen LogP contribution < -0.4 is 0 Å². The largest absolute Gasteiger partial charge is 0.466 e. The van der Waals surface area contributed by atoms with E-state index in [1.807, 2.05) is 0 Å². The molecule has 1 aromatic heterocycles. The van der Waals surface area contributed by atoms with Crippen molar-refractivity contribution in [1.29, 1.82) is 0 Å². The summed E-state index contributed by atoms with van der Waals surface area (Å²) >= 11 is 0. The fourth-order valence-electron chi connectivity index (χ4n) is 0.728. The second-order valence-electron chi connectivity index (χ2n) is 2.23. The number of hydrogen-bond donors (Lipinski definition) is 0. The second-order valence-corrected chi connectivity index (χ2v) is 2.23. The monoisotopic (exact) mass is 166 g/mol. The lowest BCUT2D eigenvalue weighted by Gasteiger charge is -1.81. The minimum absolute atomic E-state index is 0.0463. The predicted molar refractivity (Wildman–Crippen MR) is 42.2 cm³/mol. The van der Waals surface area contributed by atoms with Gasteiger partial charge in [0.2, 0.25) is 0 Å². The molecule has 1 aliphatic rings. The van der Waals surface area contributed by atoms with Gasteiger partial charge in [-0.15, -0.1) is 0 Å². The zero-order valence-corrected chi connectivity index (χ0v) is 6.64. The van der Waals surface area contributed by atoms with Gasteiger partial charge in [0.1, 0.15) is 6.33 Å². The minimum atomic E-state index is -0.0463. The Labute approximate surface area is 70.6 Å². The molecule has 0 aromatic carbocycles. The molecule has 0 aliphatic carbocycles. The second kappa shape index (κ2) is 5.23. The fourth-order valence-corrected chi connectivity index (χ4v) is 0.728. The molecule has 1 fully saturated rings. The molecule has 0 amide bonds. The number of cyclic esters (lactones) is 1. The van der Waals surface area contributed by atoms with Crippen molar-refractivity contribution >= 4 is 5.97 Å². The number of aromatic nitrogens is 2. The van der Waals surface area contributed by atoms with Crippen molar-refractivity contribution in [2.45, 2.75) is 12.8 Å². The first-order valence-corrected chi connectivity index (χ1v) is 3.75. The number of rotatable bonds is 0. The molecular weight excluding hydrogens is 156 g/mol. The van der Waals surface area contributed by atoms with Crippen LogP contribution in [0.5, 0.6) is 0 Å². The van der Waals surface area contributed by atoms with Gasteiger partial charge in [-0.05, 0) is 12.5 Å². The Hall–Kier alpha value is -1.45. The average Bonchev–Trinajstić information content (AvgIpc) is 2.60. The first-order chi connectivity index (χ1) is 5.89. The highest BCUT2D eigenvalue weighted by atomic mass is 16.5. The van der Waals surface area contributed by atoms with Gasteiger partial charge in [0, 0.05) is 18.8 Å². The molecule has 0 N–H and O–H groups in total. The van der Waals surface area contributed by atoms with E-state index in [2.05, 4.69) is 14.7 Å². The van der Waals surface area contributed by atoms with Crippen molar-refractivity contribution in [3.8, 4) is 0 Å². The minimum Gasteiger partial charge on any atom is -0.466 e. The van der Waals surface area contributed by atoms with Crippen LogP contribution in [0.1, 0.15) is 12.8 Å². The van der Waals surface area contributed by atoms with Gasteiger partial charge in [-0.3, -0.25) is 4.79 Å². The van der Waals surface area contributed by atoms with Crippen molar-refractivity contribution in [3.63, 3.8) is 0 Å². The van der Waals surface area contributed by atoms with Gasteiger partial charge >= 0.3 is 5.97 Å². The summed E-state index contributed by atoms with van der Waals surface area (Å²) in [7, 11) is 0. The molecule has 0 unspecified atom stereocenters. The van der Waals surface area contributed by atoms with Crippen LogP contribution in [0, 0.1) is 0 Å². The van der Waals surface area contributed by atoms with Crippen LogP contribution in [-0.4, -0.2) is 22.5 Å². The molecule has 4 heteroatoms. The Balaban J connectivity index is 0.000000120. The van der Waals surface area contributed by atoms with E-state index >= 15 is 0 Å². The van der Waals surface area contributed by atoms with Crippen molar-refractivity contribution < 1.29 is 9.53 Å². The van der Waals surface area contributed by atoms with Crippen LogP contribution in [0.3, 0.4) is 0 Å². The first-order valence-electron chi connectivity index (χ1n) is 3.75. The number of carbonyl (C=O) groups is 1. The highest BCUT2D eigenvalue weighted by molar-refractivity contribution is 5.70. The molecule has 1 saturated heterocycles. The van der Waals surface area contributed by atoms with Crippen LogP contribution in [0.4, 0.5) is 0 Å². The quantitative estimate of drug-likeness (QED) is 0.535. The molecule has 64 valence electrons. The summed E-state index contributed by atoms with van der Waals surface area (Å²) in [5.74, 6) is -0.0463. The molecule has 0 atom stereocenters. The van der Waals surface area contributed by atoms with Crippen molar-refractivity contribution in [1.82, 2.24) is 9.97 Å². The summed E-state index contributed by atoms with van der Waals surface area (Å²) in [5, 5.41) is 0. The van der Waals surface area contributed by atoms with Crippen molar-refractivity contribution in [3.05, 3.63) is 24.8 Å². The van der Waals surface area contributed by atoms with E-state index in [1.54, 1.807) is 18.5 Å². The summed E-state index contributed by atoms with van der Waals surface area (Å²) in [6.07, 6.45) is 6.42. The number of carbonyl (C=O) groups excluding carboxylic acids is 1. The lowest BCUT2D eigenvalue weighted by Crippen LogP contribution is -1.88. The Morgan fingerprint density at radius 2 is 2.08 bits per heavy atom. The highest BCUT2D eigenvalue weighted by Crippen LogP contribution is 2.01. The molecule has 1 aliphatic heterocycles. The molecule has 2 heterocycles. The smallest absolute Gasteiger partial charge is 0.305 e. The van der Waals surface area contributed by atoms with Gasteiger partial charge in [-0.1, -0.05) is 0 Å². The summed E-state index contributed by atoms with van der Waals surface area (Å²) < 4.78 is 4.51. The number of esters is 1. The van der Waals surface area contributed by atoms with Gasteiger partial charge < -0.3 is 4.74 Å². The van der Waals surface area contributed by atoms with Crippen molar-refractivity contribution in [2.75, 3.05) is 6.61 Å². The van der Waals surface area contributed by atoms with Crippen LogP contribution in [-0.2, 0) is 9.53 Å². The lowest BCUT2D eigenvalue weighted by atomic mass is 10.4. The van der Waals surface area contributed by atoms with E-state index in [-0.39, 0.29) is 5.97 Å². The van der Waals surface area contributed by atoms with Gasteiger partial charge in [-0.2, -0.15) is 0 Å². The predicted octanol–water partition coefficient (Wildman–Crippen LogP) is 0.800. The van der Waals surface area contributed by atoms with E-state index in [9.17, 15) is 4.79 Å². The number of ether oxygens (including phenoxy) is 1. The maximum atomic E-state index is 10.0. The Bertz CT molecular complexity index is 191. The Morgan fingerprint density at radius 1 is 1.33 bits per heavy atom. The topological polar surface area (TPSA) is 52.1 Å². The maximum Gasteiger partial charge on any atom is 0.305 e. The molecule has 1 aromatic rings. The van der Waals surface area contributed by atoms with E-state index in [0.717, 1.165) is 6.42 Å². The van der Waals surface area contributed by atoms with E-state index in [1.165, 1.54) is 6.33 Å². The zero-order valence-electron chi connectivity index (χ0n) is 6.64. The van der Waals surface area contributed by atoms with Gasteiger partial charge in [0.05, 0.1) is 6.61 Å². The first kappa shape index (κ1) is 8.64. The van der Waals surface area contributed by atoms with Gasteiger partial charge in [0.15, 0.2) is 0 Å². The lowest BCUT2D eigenvalue weighted by molar-refractivity contribution is -0.137. The molecule has 0 spiro atoms. The Morgan fingerprint density at radius 3 is 2.25 bits per heavy atom. The molecule has 0 bridgehead atoms. The Kier molecular flexibility index (Phi) is 3.77. The summed E-state index contributed by atoms with van der Waals surface area (Å²) in [6, 6.07) is 1.78. The molecule has 12 heavy (non-hydrogen) atoms. The van der Waals surface area contributed by atoms with Gasteiger partial charge in [-0.25, -0.2) is 9.97 Å². The SMILES string of the molecule is O=C1CCCO1.c1cncnc1. The van der Waals surface area contributed by atoms with Gasteiger partial charge in [0.25, 0.3) is 0 Å². The van der Waals surface area contributed by atoms with E-state index < -0.39 is 0 Å². The van der Waals surface area contributed by atoms with Crippen LogP contribution in [0.15, 0.2) is 24.8 Å². The number of nitrogens with zero attached hydrogens (tertiary/aromatic N) is 2. The molecule has 2 rings (SSSR count). The molecule has 0 radical (unpaired) electrons. The average molecular weight is 166 g/mol. The summed E-state index contributed by atoms with van der Waals surface area (Å²) in [4.78, 5) is 17.4. The third kappa shape index (κ3) is 3.65. The summed E-state index contributed by atoms with van der Waals surface area (Å²) in [6.45, 7) is 0.638. The third-order valence-electron chi connectivity index (χ3n) is 1.27. The van der Waals surface area contributed by atoms with Crippen molar-refractivity contribution in [2.24, 2.45) is 0 Å². The zero-order chi connectivity index (χ0) is 8.65. The maximum absolute atomic E-state index is 10.0.